The average molecular weight is 352 g/mol. The highest BCUT2D eigenvalue weighted by atomic mass is 79.9. The van der Waals surface area contributed by atoms with Crippen LogP contribution in [-0.4, -0.2) is 6.54 Å². The molecule has 0 unspecified atom stereocenters. The minimum absolute atomic E-state index is 0.263. The lowest BCUT2D eigenvalue weighted by molar-refractivity contribution is 0.305. The first-order valence-electron chi connectivity index (χ1n) is 7.05. The van der Waals surface area contributed by atoms with E-state index in [1.807, 2.05) is 24.3 Å². The molecule has 112 valence electrons. The zero-order valence-electron chi connectivity index (χ0n) is 12.0. The van der Waals surface area contributed by atoms with Crippen LogP contribution in [0.5, 0.6) is 5.75 Å². The van der Waals surface area contributed by atoms with Gasteiger partial charge in [0.05, 0.1) is 0 Å². The predicted molar refractivity (Wildman–Crippen MR) is 86.9 cm³/mol. The van der Waals surface area contributed by atoms with Gasteiger partial charge in [0, 0.05) is 11.0 Å². The van der Waals surface area contributed by atoms with E-state index in [1.54, 1.807) is 0 Å². The van der Waals surface area contributed by atoms with Gasteiger partial charge in [0.2, 0.25) is 0 Å². The molecule has 2 nitrogen and oxygen atoms in total. The summed E-state index contributed by atoms with van der Waals surface area (Å²) in [7, 11) is 0. The van der Waals surface area contributed by atoms with Crippen LogP contribution in [0.1, 0.15) is 24.5 Å². The second kappa shape index (κ2) is 8.15. The molecule has 0 fully saturated rings. The average Bonchev–Trinajstić information content (AvgIpc) is 2.45. The lowest BCUT2D eigenvalue weighted by Gasteiger charge is -2.09. The van der Waals surface area contributed by atoms with Crippen LogP contribution in [0.2, 0.25) is 0 Å². The summed E-state index contributed by atoms with van der Waals surface area (Å²) in [5, 5.41) is 3.36. The molecule has 0 saturated heterocycles. The molecule has 2 aromatic carbocycles. The number of rotatable bonds is 7. The Labute approximate surface area is 133 Å². The van der Waals surface area contributed by atoms with Crippen molar-refractivity contribution in [2.24, 2.45) is 0 Å². The van der Waals surface area contributed by atoms with E-state index in [-0.39, 0.29) is 5.82 Å². The molecule has 0 atom stereocenters. The zero-order valence-corrected chi connectivity index (χ0v) is 13.6. The number of hydrogen-bond donors (Lipinski definition) is 1. The van der Waals surface area contributed by atoms with Gasteiger partial charge in [-0.3, -0.25) is 0 Å². The summed E-state index contributed by atoms with van der Waals surface area (Å²) in [6, 6.07) is 12.7. The van der Waals surface area contributed by atoms with Gasteiger partial charge in [-0.1, -0.05) is 35.0 Å². The molecule has 0 aliphatic rings. The molecular weight excluding hydrogens is 333 g/mol. The maximum absolute atomic E-state index is 13.3. The highest BCUT2D eigenvalue weighted by Gasteiger charge is 2.01. The molecule has 0 aromatic heterocycles. The van der Waals surface area contributed by atoms with Crippen LogP contribution >= 0.6 is 15.9 Å². The number of nitrogens with one attached hydrogen (secondary N) is 1. The van der Waals surface area contributed by atoms with Gasteiger partial charge in [-0.05, 0) is 54.4 Å². The van der Waals surface area contributed by atoms with E-state index >= 15 is 0 Å². The molecule has 0 radical (unpaired) electrons. The quantitative estimate of drug-likeness (QED) is 0.732. The lowest BCUT2D eigenvalue weighted by atomic mass is 10.2. The number of halogens is 2. The standard InChI is InChI=1S/C17H19BrFNO/c1-2-6-20-11-13-4-3-5-17(9-13)21-12-14-7-15(18)10-16(19)8-14/h3-5,7-10,20H,2,6,11-12H2,1H3. The summed E-state index contributed by atoms with van der Waals surface area (Å²) in [5.74, 6) is 0.534. The van der Waals surface area contributed by atoms with Crippen LogP contribution in [0.25, 0.3) is 0 Å². The van der Waals surface area contributed by atoms with Crippen molar-refractivity contribution in [3.05, 3.63) is 63.9 Å². The first-order valence-corrected chi connectivity index (χ1v) is 7.84. The molecule has 0 saturated carbocycles. The van der Waals surface area contributed by atoms with Crippen molar-refractivity contribution in [2.45, 2.75) is 26.5 Å². The molecule has 0 heterocycles. The predicted octanol–water partition coefficient (Wildman–Crippen LogP) is 4.67. The maximum atomic E-state index is 13.3. The van der Waals surface area contributed by atoms with E-state index < -0.39 is 0 Å². The van der Waals surface area contributed by atoms with Crippen molar-refractivity contribution < 1.29 is 9.13 Å². The fraction of sp³-hybridized carbons (Fsp3) is 0.294. The lowest BCUT2D eigenvalue weighted by Crippen LogP contribution is -2.13. The van der Waals surface area contributed by atoms with Crippen LogP contribution < -0.4 is 10.1 Å². The molecule has 0 amide bonds. The number of ether oxygens (including phenoxy) is 1. The van der Waals surface area contributed by atoms with E-state index in [4.69, 9.17) is 4.74 Å². The molecule has 21 heavy (non-hydrogen) atoms. The molecule has 2 rings (SSSR count). The Morgan fingerprint density at radius 1 is 1.14 bits per heavy atom. The third-order valence-electron chi connectivity index (χ3n) is 2.98. The van der Waals surface area contributed by atoms with Crippen LogP contribution in [0, 0.1) is 5.82 Å². The third kappa shape index (κ3) is 5.48. The molecular formula is C17H19BrFNO. The van der Waals surface area contributed by atoms with E-state index in [1.165, 1.54) is 17.7 Å². The summed E-state index contributed by atoms with van der Waals surface area (Å²) in [4.78, 5) is 0. The molecule has 0 spiro atoms. The second-order valence-electron chi connectivity index (χ2n) is 4.89. The van der Waals surface area contributed by atoms with E-state index in [0.29, 0.717) is 6.61 Å². The number of hydrogen-bond acceptors (Lipinski definition) is 2. The van der Waals surface area contributed by atoms with Gasteiger partial charge in [0.15, 0.2) is 0 Å². The molecule has 0 aliphatic heterocycles. The Hall–Kier alpha value is -1.39. The number of benzene rings is 2. The topological polar surface area (TPSA) is 21.3 Å². The van der Waals surface area contributed by atoms with E-state index in [2.05, 4.69) is 34.2 Å². The normalized spacial score (nSPS) is 10.6. The summed E-state index contributed by atoms with van der Waals surface area (Å²) in [6.07, 6.45) is 1.12. The van der Waals surface area contributed by atoms with E-state index in [9.17, 15) is 4.39 Å². The van der Waals surface area contributed by atoms with Crippen molar-refractivity contribution in [3.8, 4) is 5.75 Å². The Balaban J connectivity index is 1.94. The van der Waals surface area contributed by atoms with Gasteiger partial charge in [0.1, 0.15) is 18.2 Å². The Morgan fingerprint density at radius 2 is 2.00 bits per heavy atom. The van der Waals surface area contributed by atoms with Gasteiger partial charge in [-0.15, -0.1) is 0 Å². The van der Waals surface area contributed by atoms with Crippen molar-refractivity contribution in [3.63, 3.8) is 0 Å². The van der Waals surface area contributed by atoms with Crippen LogP contribution in [-0.2, 0) is 13.2 Å². The third-order valence-corrected chi connectivity index (χ3v) is 3.44. The highest BCUT2D eigenvalue weighted by Crippen LogP contribution is 2.18. The smallest absolute Gasteiger partial charge is 0.124 e. The fourth-order valence-corrected chi connectivity index (χ4v) is 2.53. The molecule has 4 heteroatoms. The fourth-order valence-electron chi connectivity index (χ4n) is 2.02. The monoisotopic (exact) mass is 351 g/mol. The minimum atomic E-state index is -0.263. The second-order valence-corrected chi connectivity index (χ2v) is 5.81. The van der Waals surface area contributed by atoms with Crippen molar-refractivity contribution >= 4 is 15.9 Å². The summed E-state index contributed by atoms with van der Waals surface area (Å²) >= 11 is 3.28. The first-order chi connectivity index (χ1) is 10.2. The SMILES string of the molecule is CCCNCc1cccc(OCc2cc(F)cc(Br)c2)c1. The summed E-state index contributed by atoms with van der Waals surface area (Å²) < 4.78 is 19.8. The van der Waals surface area contributed by atoms with Crippen LogP contribution in [0.4, 0.5) is 4.39 Å². The van der Waals surface area contributed by atoms with Crippen molar-refractivity contribution in [1.82, 2.24) is 5.32 Å². The molecule has 1 N–H and O–H groups in total. The summed E-state index contributed by atoms with van der Waals surface area (Å²) in [6.45, 7) is 4.32. The molecule has 2 aromatic rings. The largest absolute Gasteiger partial charge is 0.489 e. The van der Waals surface area contributed by atoms with Gasteiger partial charge in [-0.2, -0.15) is 0 Å². The van der Waals surface area contributed by atoms with Gasteiger partial charge >= 0.3 is 0 Å². The van der Waals surface area contributed by atoms with Gasteiger partial charge < -0.3 is 10.1 Å². The van der Waals surface area contributed by atoms with Crippen molar-refractivity contribution in [2.75, 3.05) is 6.54 Å². The Kier molecular flexibility index (Phi) is 6.21. The zero-order chi connectivity index (χ0) is 15.1. The van der Waals surface area contributed by atoms with Crippen LogP contribution in [0.3, 0.4) is 0 Å². The first kappa shape index (κ1) is 16.0. The van der Waals surface area contributed by atoms with Crippen LogP contribution in [0.15, 0.2) is 46.9 Å². The summed E-state index contributed by atoms with van der Waals surface area (Å²) in [5.41, 5.74) is 1.98. The maximum Gasteiger partial charge on any atom is 0.124 e. The van der Waals surface area contributed by atoms with E-state index in [0.717, 1.165) is 35.3 Å². The molecule has 0 aliphatic carbocycles. The Bertz CT molecular complexity index is 569. The van der Waals surface area contributed by atoms with Crippen molar-refractivity contribution in [1.29, 1.82) is 0 Å². The van der Waals surface area contributed by atoms with Gasteiger partial charge in [-0.25, -0.2) is 4.39 Å². The molecule has 0 bridgehead atoms. The van der Waals surface area contributed by atoms with Gasteiger partial charge in [0.25, 0.3) is 0 Å². The Morgan fingerprint density at radius 3 is 2.76 bits per heavy atom. The highest BCUT2D eigenvalue weighted by molar-refractivity contribution is 9.10. The minimum Gasteiger partial charge on any atom is -0.489 e.